The van der Waals surface area contributed by atoms with E-state index in [1.165, 1.54) is 4.90 Å². The summed E-state index contributed by atoms with van der Waals surface area (Å²) < 4.78 is 11.1. The van der Waals surface area contributed by atoms with Crippen molar-refractivity contribution >= 4 is 37.4 Å². The number of anilines is 2. The highest BCUT2D eigenvalue weighted by atomic mass is 28.3. The predicted molar refractivity (Wildman–Crippen MR) is 131 cm³/mol. The van der Waals surface area contributed by atoms with E-state index in [2.05, 4.69) is 24.5 Å². The second-order valence-corrected chi connectivity index (χ2v) is 16.6. The Balaban J connectivity index is 1.54. The first-order valence-electron chi connectivity index (χ1n) is 11.6. The van der Waals surface area contributed by atoms with Crippen molar-refractivity contribution < 1.29 is 23.9 Å². The van der Waals surface area contributed by atoms with Crippen LogP contribution in [0.2, 0.25) is 25.7 Å². The number of hydrogen-bond donors (Lipinski definition) is 0. The zero-order chi connectivity index (χ0) is 24.4. The smallest absolute Gasteiger partial charge is 0.333 e. The number of carbonyl (C=O) groups is 3. The van der Waals surface area contributed by atoms with E-state index in [0.29, 0.717) is 26.2 Å². The van der Waals surface area contributed by atoms with E-state index in [1.54, 1.807) is 4.90 Å². The molecule has 3 rings (SSSR count). The number of rotatable bonds is 8. The molecule has 1 aromatic rings. The Hall–Kier alpha value is -2.39. The molecule has 0 aliphatic carbocycles. The van der Waals surface area contributed by atoms with Gasteiger partial charge in [-0.2, -0.15) is 0 Å². The highest BCUT2D eigenvalue weighted by Crippen LogP contribution is 2.29. The Kier molecular flexibility index (Phi) is 7.53. The van der Waals surface area contributed by atoms with Crippen molar-refractivity contribution in [3.8, 4) is 0 Å². The Morgan fingerprint density at radius 3 is 2.24 bits per heavy atom. The lowest BCUT2D eigenvalue weighted by molar-refractivity contribution is -0.160. The molecule has 0 spiro atoms. The summed E-state index contributed by atoms with van der Waals surface area (Å²) >= 11 is 0. The number of urea groups is 1. The standard InChI is InChI=1S/C24H37N3O5Si/c1-24(2,3)32-22(29)18-15-25(16-18)19-7-9-20(10-8-19)26-12-11-21(28)27(23(26)30)17-31-13-14-33(4,5)6/h7-10,18H,11-17H2,1-6H3. The highest BCUT2D eigenvalue weighted by molar-refractivity contribution is 6.76. The summed E-state index contributed by atoms with van der Waals surface area (Å²) in [4.78, 5) is 42.3. The maximum absolute atomic E-state index is 12.9. The van der Waals surface area contributed by atoms with E-state index < -0.39 is 13.7 Å². The predicted octanol–water partition coefficient (Wildman–Crippen LogP) is 3.94. The number of nitrogens with zero attached hydrogens (tertiary/aromatic N) is 3. The molecule has 3 amide bonds. The van der Waals surface area contributed by atoms with Gasteiger partial charge in [-0.3, -0.25) is 14.5 Å². The maximum Gasteiger partial charge on any atom is 0.333 e. The van der Waals surface area contributed by atoms with Gasteiger partial charge in [-0.25, -0.2) is 9.69 Å². The molecule has 2 aliphatic rings. The largest absolute Gasteiger partial charge is 0.460 e. The first kappa shape index (κ1) is 25.2. The Bertz CT molecular complexity index is 870. The number of ether oxygens (including phenoxy) is 2. The number of carbonyl (C=O) groups excluding carboxylic acids is 3. The van der Waals surface area contributed by atoms with Crippen LogP contribution >= 0.6 is 0 Å². The summed E-state index contributed by atoms with van der Waals surface area (Å²) in [6, 6.07) is 8.29. The SMILES string of the molecule is CC(C)(C)OC(=O)C1CN(c2ccc(N3CCC(=O)N(COCC[Si](C)(C)C)C3=O)cc2)C1. The second-order valence-electron chi connectivity index (χ2n) is 11.0. The third kappa shape index (κ3) is 6.80. The van der Waals surface area contributed by atoms with Crippen LogP contribution in [0.15, 0.2) is 24.3 Å². The quantitative estimate of drug-likeness (QED) is 0.322. The zero-order valence-corrected chi connectivity index (χ0v) is 21.7. The summed E-state index contributed by atoms with van der Waals surface area (Å²) in [5, 5.41) is 0. The molecule has 33 heavy (non-hydrogen) atoms. The molecule has 2 heterocycles. The molecule has 2 fully saturated rings. The molecule has 8 nitrogen and oxygen atoms in total. The zero-order valence-electron chi connectivity index (χ0n) is 20.7. The van der Waals surface area contributed by atoms with Crippen molar-refractivity contribution in [3.05, 3.63) is 24.3 Å². The molecule has 0 saturated carbocycles. The van der Waals surface area contributed by atoms with Crippen LogP contribution in [0.5, 0.6) is 0 Å². The topological polar surface area (TPSA) is 79.4 Å². The first-order valence-corrected chi connectivity index (χ1v) is 15.3. The molecular formula is C24H37N3O5Si. The van der Waals surface area contributed by atoms with E-state index in [9.17, 15) is 14.4 Å². The number of hydrogen-bond acceptors (Lipinski definition) is 6. The summed E-state index contributed by atoms with van der Waals surface area (Å²) in [5.41, 5.74) is 1.26. The van der Waals surface area contributed by atoms with Crippen LogP contribution in [0.25, 0.3) is 0 Å². The van der Waals surface area contributed by atoms with Gasteiger partial charge >= 0.3 is 12.0 Å². The van der Waals surface area contributed by atoms with Crippen LogP contribution in [-0.4, -0.2) is 69.5 Å². The normalized spacial score (nSPS) is 17.9. The fourth-order valence-corrected chi connectivity index (χ4v) is 4.42. The third-order valence-corrected chi connectivity index (χ3v) is 7.38. The lowest BCUT2D eigenvalue weighted by Crippen LogP contribution is -2.53. The minimum atomic E-state index is -1.23. The number of amides is 3. The van der Waals surface area contributed by atoms with Crippen molar-refractivity contribution in [3.63, 3.8) is 0 Å². The van der Waals surface area contributed by atoms with Gasteiger partial charge in [-0.1, -0.05) is 19.6 Å². The molecule has 0 atom stereocenters. The van der Waals surface area contributed by atoms with Crippen LogP contribution in [-0.2, 0) is 19.1 Å². The van der Waals surface area contributed by atoms with Crippen molar-refractivity contribution in [2.75, 3.05) is 42.8 Å². The fraction of sp³-hybridized carbons (Fsp3) is 0.625. The molecule has 0 N–H and O–H groups in total. The van der Waals surface area contributed by atoms with Gasteiger partial charge in [-0.15, -0.1) is 0 Å². The van der Waals surface area contributed by atoms with Gasteiger partial charge in [0.1, 0.15) is 12.3 Å². The van der Waals surface area contributed by atoms with Crippen LogP contribution < -0.4 is 9.80 Å². The molecule has 1 aromatic carbocycles. The average Bonchev–Trinajstić information content (AvgIpc) is 2.64. The molecule has 0 radical (unpaired) electrons. The monoisotopic (exact) mass is 475 g/mol. The number of esters is 1. The van der Waals surface area contributed by atoms with E-state index in [-0.39, 0.29) is 37.0 Å². The summed E-state index contributed by atoms with van der Waals surface area (Å²) in [7, 11) is -1.23. The molecule has 0 unspecified atom stereocenters. The molecule has 0 bridgehead atoms. The van der Waals surface area contributed by atoms with Crippen LogP contribution in [0, 0.1) is 5.92 Å². The maximum atomic E-state index is 12.9. The van der Waals surface area contributed by atoms with E-state index >= 15 is 0 Å². The van der Waals surface area contributed by atoms with Gasteiger partial charge in [-0.05, 0) is 51.1 Å². The van der Waals surface area contributed by atoms with E-state index in [0.717, 1.165) is 17.4 Å². The van der Waals surface area contributed by atoms with Crippen molar-refractivity contribution in [2.45, 2.75) is 58.5 Å². The van der Waals surface area contributed by atoms with Crippen LogP contribution in [0.4, 0.5) is 16.2 Å². The van der Waals surface area contributed by atoms with Gasteiger partial charge in [0.25, 0.3) is 0 Å². The second kappa shape index (κ2) is 9.85. The highest BCUT2D eigenvalue weighted by Gasteiger charge is 2.36. The Morgan fingerprint density at radius 2 is 1.67 bits per heavy atom. The van der Waals surface area contributed by atoms with Crippen molar-refractivity contribution in [1.82, 2.24) is 4.90 Å². The molecule has 2 aliphatic heterocycles. The minimum Gasteiger partial charge on any atom is -0.460 e. The number of benzene rings is 1. The van der Waals surface area contributed by atoms with Gasteiger partial charge in [0.2, 0.25) is 5.91 Å². The fourth-order valence-electron chi connectivity index (χ4n) is 3.66. The molecule has 2 saturated heterocycles. The third-order valence-electron chi connectivity index (χ3n) is 5.68. The van der Waals surface area contributed by atoms with Crippen molar-refractivity contribution in [2.24, 2.45) is 5.92 Å². The van der Waals surface area contributed by atoms with Crippen molar-refractivity contribution in [1.29, 1.82) is 0 Å². The average molecular weight is 476 g/mol. The molecule has 182 valence electrons. The van der Waals surface area contributed by atoms with Crippen LogP contribution in [0.1, 0.15) is 27.2 Å². The van der Waals surface area contributed by atoms with E-state index in [4.69, 9.17) is 9.47 Å². The summed E-state index contributed by atoms with van der Waals surface area (Å²) in [5.74, 6) is -0.478. The molecule has 0 aromatic heterocycles. The minimum absolute atomic E-state index is 0.00341. The van der Waals surface area contributed by atoms with Gasteiger partial charge in [0.05, 0.1) is 5.92 Å². The Labute approximate surface area is 197 Å². The van der Waals surface area contributed by atoms with Gasteiger partial charge in [0, 0.05) is 52.1 Å². The lowest BCUT2D eigenvalue weighted by Gasteiger charge is -2.40. The summed E-state index contributed by atoms with van der Waals surface area (Å²) in [6.45, 7) is 14.5. The summed E-state index contributed by atoms with van der Waals surface area (Å²) in [6.07, 6.45) is 0.272. The van der Waals surface area contributed by atoms with Crippen LogP contribution in [0.3, 0.4) is 0 Å². The van der Waals surface area contributed by atoms with Gasteiger partial charge in [0.15, 0.2) is 0 Å². The Morgan fingerprint density at radius 1 is 1.06 bits per heavy atom. The van der Waals surface area contributed by atoms with E-state index in [1.807, 2.05) is 45.0 Å². The number of imide groups is 1. The molecule has 9 heteroatoms. The lowest BCUT2D eigenvalue weighted by atomic mass is 9.99. The first-order chi connectivity index (χ1) is 15.3. The molecular weight excluding hydrogens is 438 g/mol. The van der Waals surface area contributed by atoms with Gasteiger partial charge < -0.3 is 14.4 Å².